The molecule has 1 aliphatic rings. The molecule has 2 aromatic rings. The first-order valence-electron chi connectivity index (χ1n) is 8.36. The number of nitrogens with one attached hydrogen (secondary N) is 1. The summed E-state index contributed by atoms with van der Waals surface area (Å²) in [6.07, 6.45) is -1.20. The zero-order chi connectivity index (χ0) is 17.1. The van der Waals surface area contributed by atoms with E-state index in [0.717, 1.165) is 49.2 Å². The molecule has 2 heterocycles. The zero-order valence-electron chi connectivity index (χ0n) is 13.7. The van der Waals surface area contributed by atoms with Crippen molar-refractivity contribution in [2.45, 2.75) is 32.7 Å². The fourth-order valence-electron chi connectivity index (χ4n) is 3.38. The van der Waals surface area contributed by atoms with E-state index in [4.69, 9.17) is 4.42 Å². The zero-order valence-corrected chi connectivity index (χ0v) is 13.7. The number of nitrogens with zero attached hydrogens (tertiary/aromatic N) is 1. The molecule has 1 atom stereocenters. The van der Waals surface area contributed by atoms with Gasteiger partial charge in [-0.05, 0) is 24.9 Å². The Morgan fingerprint density at radius 2 is 2.21 bits per heavy atom. The smallest absolute Gasteiger partial charge is 0.315 e. The number of amides is 1. The van der Waals surface area contributed by atoms with Crippen molar-refractivity contribution < 1.29 is 18.0 Å². The van der Waals surface area contributed by atoms with E-state index in [1.807, 2.05) is 18.2 Å². The summed E-state index contributed by atoms with van der Waals surface area (Å²) in [6, 6.07) is 8.02. The van der Waals surface area contributed by atoms with Gasteiger partial charge in [0.2, 0.25) is 0 Å². The lowest BCUT2D eigenvalue weighted by molar-refractivity contribution is -0.131. The SMILES string of the molecule is CCc1oc2ccccc2c1CN1CCC(CNC(=O)C(F)F)C1. The molecule has 0 aliphatic carbocycles. The molecule has 1 amide bonds. The van der Waals surface area contributed by atoms with Gasteiger partial charge < -0.3 is 9.73 Å². The summed E-state index contributed by atoms with van der Waals surface area (Å²) in [5.74, 6) is 0.0455. The summed E-state index contributed by atoms with van der Waals surface area (Å²) in [7, 11) is 0. The van der Waals surface area contributed by atoms with E-state index in [1.165, 1.54) is 5.56 Å². The van der Waals surface area contributed by atoms with E-state index < -0.39 is 12.3 Å². The van der Waals surface area contributed by atoms with Crippen LogP contribution in [0.3, 0.4) is 0 Å². The molecule has 1 aliphatic heterocycles. The normalized spacial score (nSPS) is 18.6. The summed E-state index contributed by atoms with van der Waals surface area (Å²) in [5, 5.41) is 3.46. The number of hydrogen-bond donors (Lipinski definition) is 1. The Morgan fingerprint density at radius 1 is 1.42 bits per heavy atom. The average molecular weight is 336 g/mol. The minimum Gasteiger partial charge on any atom is -0.461 e. The van der Waals surface area contributed by atoms with Crippen LogP contribution in [-0.2, 0) is 17.8 Å². The van der Waals surface area contributed by atoms with Crippen molar-refractivity contribution in [2.24, 2.45) is 5.92 Å². The first-order chi connectivity index (χ1) is 11.6. The van der Waals surface area contributed by atoms with Crippen LogP contribution in [0.2, 0.25) is 0 Å². The highest BCUT2D eigenvalue weighted by atomic mass is 19.3. The minimum absolute atomic E-state index is 0.218. The Morgan fingerprint density at radius 3 is 2.96 bits per heavy atom. The second-order valence-electron chi connectivity index (χ2n) is 6.29. The summed E-state index contributed by atoms with van der Waals surface area (Å²) in [5.41, 5.74) is 2.12. The van der Waals surface area contributed by atoms with Crippen molar-refractivity contribution in [3.8, 4) is 0 Å². The van der Waals surface area contributed by atoms with Gasteiger partial charge >= 0.3 is 6.43 Å². The first kappa shape index (κ1) is 16.9. The van der Waals surface area contributed by atoms with E-state index in [9.17, 15) is 13.6 Å². The van der Waals surface area contributed by atoms with E-state index >= 15 is 0 Å². The Hall–Kier alpha value is -1.95. The lowest BCUT2D eigenvalue weighted by Crippen LogP contribution is -2.34. The summed E-state index contributed by atoms with van der Waals surface area (Å²) in [6.45, 7) is 4.88. The van der Waals surface area contributed by atoms with Crippen molar-refractivity contribution in [3.05, 3.63) is 35.6 Å². The Kier molecular flexibility index (Phi) is 5.14. The maximum absolute atomic E-state index is 12.2. The predicted octanol–water partition coefficient (Wildman–Crippen LogP) is 3.20. The molecule has 6 heteroatoms. The van der Waals surface area contributed by atoms with Crippen LogP contribution in [0.5, 0.6) is 0 Å². The van der Waals surface area contributed by atoms with Crippen molar-refractivity contribution in [1.29, 1.82) is 0 Å². The van der Waals surface area contributed by atoms with Crippen LogP contribution in [0.15, 0.2) is 28.7 Å². The van der Waals surface area contributed by atoms with Gasteiger partial charge in [0.15, 0.2) is 0 Å². The molecule has 0 radical (unpaired) electrons. The summed E-state index contributed by atoms with van der Waals surface area (Å²) >= 11 is 0. The standard InChI is InChI=1S/C18H22F2N2O2/c1-2-15-14(13-5-3-4-6-16(13)24-15)11-22-8-7-12(10-22)9-21-18(23)17(19)20/h3-6,12,17H,2,7-11H2,1H3,(H,21,23). The molecule has 1 aromatic carbocycles. The molecule has 0 saturated carbocycles. The second-order valence-corrected chi connectivity index (χ2v) is 6.29. The third kappa shape index (κ3) is 3.59. The van der Waals surface area contributed by atoms with Crippen molar-refractivity contribution in [1.82, 2.24) is 10.2 Å². The lowest BCUT2D eigenvalue weighted by Gasteiger charge is -2.16. The fourth-order valence-corrected chi connectivity index (χ4v) is 3.38. The number of hydrogen-bond acceptors (Lipinski definition) is 3. The predicted molar refractivity (Wildman–Crippen MR) is 88.0 cm³/mol. The highest BCUT2D eigenvalue weighted by Gasteiger charge is 2.26. The minimum atomic E-state index is -2.94. The molecule has 4 nitrogen and oxygen atoms in total. The quantitative estimate of drug-likeness (QED) is 0.881. The average Bonchev–Trinajstić information content (AvgIpc) is 3.17. The molecule has 1 fully saturated rings. The topological polar surface area (TPSA) is 45.5 Å². The molecule has 1 saturated heterocycles. The molecular formula is C18H22F2N2O2. The summed E-state index contributed by atoms with van der Waals surface area (Å²) < 4.78 is 30.4. The van der Waals surface area contributed by atoms with Gasteiger partial charge in [0.05, 0.1) is 0 Å². The van der Waals surface area contributed by atoms with Gasteiger partial charge in [0, 0.05) is 37.0 Å². The molecule has 1 unspecified atom stereocenters. The molecule has 1 aromatic heterocycles. The van der Waals surface area contributed by atoms with Crippen LogP contribution in [0.4, 0.5) is 8.78 Å². The van der Waals surface area contributed by atoms with Crippen LogP contribution in [-0.4, -0.2) is 36.9 Å². The van der Waals surface area contributed by atoms with Gasteiger partial charge in [-0.3, -0.25) is 9.69 Å². The van der Waals surface area contributed by atoms with Crippen LogP contribution in [0, 0.1) is 5.92 Å². The van der Waals surface area contributed by atoms with Crippen LogP contribution >= 0.6 is 0 Å². The van der Waals surface area contributed by atoms with E-state index in [2.05, 4.69) is 23.2 Å². The Bertz CT molecular complexity index is 714. The van der Waals surface area contributed by atoms with Crippen molar-refractivity contribution in [2.75, 3.05) is 19.6 Å². The number of alkyl halides is 2. The second kappa shape index (κ2) is 7.30. The van der Waals surface area contributed by atoms with Gasteiger partial charge in [-0.2, -0.15) is 8.78 Å². The number of carbonyl (C=O) groups excluding carboxylic acids is 1. The number of halogens is 2. The van der Waals surface area contributed by atoms with E-state index in [-0.39, 0.29) is 5.92 Å². The number of fused-ring (bicyclic) bond motifs is 1. The number of likely N-dealkylation sites (tertiary alicyclic amines) is 1. The van der Waals surface area contributed by atoms with Gasteiger partial charge in [-0.1, -0.05) is 25.1 Å². The third-order valence-corrected chi connectivity index (χ3v) is 4.62. The molecule has 0 bridgehead atoms. The molecule has 0 spiro atoms. The lowest BCUT2D eigenvalue weighted by atomic mass is 10.1. The number of aryl methyl sites for hydroxylation is 1. The maximum Gasteiger partial charge on any atom is 0.315 e. The molecule has 1 N–H and O–H groups in total. The molecule has 130 valence electrons. The maximum atomic E-state index is 12.2. The van der Waals surface area contributed by atoms with Crippen LogP contribution in [0.1, 0.15) is 24.7 Å². The molecule has 24 heavy (non-hydrogen) atoms. The largest absolute Gasteiger partial charge is 0.461 e. The highest BCUT2D eigenvalue weighted by Crippen LogP contribution is 2.29. The third-order valence-electron chi connectivity index (χ3n) is 4.62. The highest BCUT2D eigenvalue weighted by molar-refractivity contribution is 5.82. The number of benzene rings is 1. The number of rotatable bonds is 6. The van der Waals surface area contributed by atoms with Gasteiger partial charge in [0.25, 0.3) is 5.91 Å². The fraction of sp³-hybridized carbons (Fsp3) is 0.500. The van der Waals surface area contributed by atoms with Gasteiger partial charge in [-0.15, -0.1) is 0 Å². The number of carbonyl (C=O) groups is 1. The Labute approximate surface area is 139 Å². The number of furan rings is 1. The van der Waals surface area contributed by atoms with Crippen LogP contribution in [0.25, 0.3) is 11.0 Å². The van der Waals surface area contributed by atoms with Crippen LogP contribution < -0.4 is 5.32 Å². The van der Waals surface area contributed by atoms with E-state index in [0.29, 0.717) is 6.54 Å². The van der Waals surface area contributed by atoms with Crippen molar-refractivity contribution in [3.63, 3.8) is 0 Å². The van der Waals surface area contributed by atoms with Gasteiger partial charge in [0.1, 0.15) is 11.3 Å². The van der Waals surface area contributed by atoms with Gasteiger partial charge in [-0.25, -0.2) is 0 Å². The molecular weight excluding hydrogens is 314 g/mol. The first-order valence-corrected chi connectivity index (χ1v) is 8.36. The monoisotopic (exact) mass is 336 g/mol. The van der Waals surface area contributed by atoms with Crippen molar-refractivity contribution >= 4 is 16.9 Å². The molecule has 3 rings (SSSR count). The summed E-state index contributed by atoms with van der Waals surface area (Å²) in [4.78, 5) is 13.3. The number of para-hydroxylation sites is 1. The van der Waals surface area contributed by atoms with E-state index in [1.54, 1.807) is 0 Å². The Balaban J connectivity index is 1.62.